The highest BCUT2D eigenvalue weighted by Crippen LogP contribution is 2.14. The van der Waals surface area contributed by atoms with Crippen LogP contribution in [0.5, 0.6) is 0 Å². The highest BCUT2D eigenvalue weighted by atomic mass is 16.5. The molecule has 1 N–H and O–H groups in total. The molecule has 0 saturated heterocycles. The van der Waals surface area contributed by atoms with Crippen LogP contribution in [-0.2, 0) is 9.53 Å². The average molecular weight is 245 g/mol. The number of nitrogens with one attached hydrogen (secondary N) is 1. The summed E-state index contributed by atoms with van der Waals surface area (Å²) in [5.41, 5.74) is 1.27. The highest BCUT2D eigenvalue weighted by Gasteiger charge is 2.14. The van der Waals surface area contributed by atoms with E-state index in [1.165, 1.54) is 13.2 Å². The maximum absolute atomic E-state index is 11.5. The van der Waals surface area contributed by atoms with Gasteiger partial charge in [0.1, 0.15) is 5.71 Å². The van der Waals surface area contributed by atoms with Crippen molar-refractivity contribution in [3.05, 3.63) is 41.5 Å². The minimum Gasteiger partial charge on any atom is -0.465 e. The van der Waals surface area contributed by atoms with E-state index >= 15 is 0 Å². The molecule has 4 heteroatoms. The fourth-order valence-electron chi connectivity index (χ4n) is 1.49. The summed E-state index contributed by atoms with van der Waals surface area (Å²) in [5.74, 6) is -0.774. The Morgan fingerprint density at radius 1 is 1.33 bits per heavy atom. The molecule has 0 radical (unpaired) electrons. The molecule has 1 aromatic rings. The van der Waals surface area contributed by atoms with Gasteiger partial charge in [-0.1, -0.05) is 19.6 Å². The van der Waals surface area contributed by atoms with Crippen LogP contribution >= 0.6 is 0 Å². The van der Waals surface area contributed by atoms with E-state index in [1.54, 1.807) is 25.1 Å². The summed E-state index contributed by atoms with van der Waals surface area (Å²) in [7, 11) is 1.28. The number of esters is 1. The van der Waals surface area contributed by atoms with Gasteiger partial charge in [0.2, 0.25) is 0 Å². The maximum Gasteiger partial charge on any atom is 0.337 e. The van der Waals surface area contributed by atoms with Gasteiger partial charge in [0, 0.05) is 12.0 Å². The molecule has 0 fully saturated rings. The Kier molecular flexibility index (Phi) is 4.54. The molecule has 0 saturated carbocycles. The SMILES string of the molecule is C=Cc1cc(C(=N)C(=O)CC)cc(C(=O)OC)c1. The van der Waals surface area contributed by atoms with E-state index in [-0.39, 0.29) is 17.9 Å². The van der Waals surface area contributed by atoms with Gasteiger partial charge in [-0.25, -0.2) is 4.79 Å². The molecule has 0 amide bonds. The lowest BCUT2D eigenvalue weighted by Crippen LogP contribution is -2.14. The predicted molar refractivity (Wildman–Crippen MR) is 70.0 cm³/mol. The third-order valence-corrected chi connectivity index (χ3v) is 2.50. The first kappa shape index (κ1) is 13.8. The second kappa shape index (κ2) is 5.91. The Balaban J connectivity index is 3.28. The number of rotatable bonds is 5. The van der Waals surface area contributed by atoms with Gasteiger partial charge in [-0.3, -0.25) is 10.2 Å². The van der Waals surface area contributed by atoms with Crippen LogP contribution < -0.4 is 0 Å². The maximum atomic E-state index is 11.5. The van der Waals surface area contributed by atoms with Crippen molar-refractivity contribution >= 4 is 23.5 Å². The zero-order valence-corrected chi connectivity index (χ0v) is 10.4. The van der Waals surface area contributed by atoms with Gasteiger partial charge in [0.25, 0.3) is 0 Å². The zero-order chi connectivity index (χ0) is 13.7. The lowest BCUT2D eigenvalue weighted by molar-refractivity contribution is -0.112. The average Bonchev–Trinajstić information content (AvgIpc) is 2.43. The topological polar surface area (TPSA) is 67.2 Å². The molecule has 0 aliphatic rings. The third kappa shape index (κ3) is 2.91. The van der Waals surface area contributed by atoms with Crippen LogP contribution in [-0.4, -0.2) is 24.6 Å². The van der Waals surface area contributed by atoms with E-state index in [2.05, 4.69) is 11.3 Å². The van der Waals surface area contributed by atoms with E-state index in [0.717, 1.165) is 0 Å². The van der Waals surface area contributed by atoms with Crippen LogP contribution in [0.4, 0.5) is 0 Å². The number of hydrogen-bond donors (Lipinski definition) is 1. The molecule has 0 unspecified atom stereocenters. The van der Waals surface area contributed by atoms with Crippen molar-refractivity contribution in [3.8, 4) is 0 Å². The molecule has 1 aromatic carbocycles. The summed E-state index contributed by atoms with van der Waals surface area (Å²) in [6, 6.07) is 4.73. The lowest BCUT2D eigenvalue weighted by atomic mass is 9.99. The first-order valence-electron chi connectivity index (χ1n) is 5.51. The number of Topliss-reactive ketones (excluding diaryl/α,β-unsaturated/α-hetero) is 1. The van der Waals surface area contributed by atoms with Crippen LogP contribution in [0.25, 0.3) is 6.08 Å². The highest BCUT2D eigenvalue weighted by molar-refractivity contribution is 6.45. The van der Waals surface area contributed by atoms with E-state index < -0.39 is 5.97 Å². The fourth-order valence-corrected chi connectivity index (χ4v) is 1.49. The first-order valence-corrected chi connectivity index (χ1v) is 5.51. The lowest BCUT2D eigenvalue weighted by Gasteiger charge is -2.07. The molecule has 0 heterocycles. The Morgan fingerprint density at radius 3 is 2.44 bits per heavy atom. The van der Waals surface area contributed by atoms with Crippen molar-refractivity contribution < 1.29 is 14.3 Å². The Hall–Kier alpha value is -2.23. The molecule has 0 aromatic heterocycles. The fraction of sp³-hybridized carbons (Fsp3) is 0.214. The summed E-state index contributed by atoms with van der Waals surface area (Å²) in [6.07, 6.45) is 1.81. The van der Waals surface area contributed by atoms with E-state index in [4.69, 9.17) is 5.41 Å². The van der Waals surface area contributed by atoms with Crippen LogP contribution in [0.3, 0.4) is 0 Å². The minimum absolute atomic E-state index is 0.105. The monoisotopic (exact) mass is 245 g/mol. The van der Waals surface area contributed by atoms with Crippen LogP contribution in [0.1, 0.15) is 34.8 Å². The van der Waals surface area contributed by atoms with Gasteiger partial charge >= 0.3 is 5.97 Å². The number of hydrogen-bond acceptors (Lipinski definition) is 4. The van der Waals surface area contributed by atoms with Gasteiger partial charge in [-0.15, -0.1) is 0 Å². The number of carbonyl (C=O) groups is 2. The molecule has 0 spiro atoms. The summed E-state index contributed by atoms with van der Waals surface area (Å²) >= 11 is 0. The quantitative estimate of drug-likeness (QED) is 0.640. The number of methoxy groups -OCH3 is 1. The van der Waals surface area contributed by atoms with E-state index in [9.17, 15) is 9.59 Å². The number of carbonyl (C=O) groups excluding carboxylic acids is 2. The normalized spacial score (nSPS) is 9.67. The van der Waals surface area contributed by atoms with Crippen molar-refractivity contribution in [2.75, 3.05) is 7.11 Å². The van der Waals surface area contributed by atoms with Gasteiger partial charge in [0.15, 0.2) is 5.78 Å². The van der Waals surface area contributed by atoms with E-state index in [0.29, 0.717) is 16.7 Å². The number of ketones is 1. The van der Waals surface area contributed by atoms with Crippen molar-refractivity contribution in [3.63, 3.8) is 0 Å². The molecular weight excluding hydrogens is 230 g/mol. The summed E-state index contributed by atoms with van der Waals surface area (Å²) < 4.78 is 4.63. The Bertz CT molecular complexity index is 518. The largest absolute Gasteiger partial charge is 0.465 e. The third-order valence-electron chi connectivity index (χ3n) is 2.50. The standard InChI is InChI=1S/C14H15NO3/c1-4-9-6-10(13(15)12(16)5-2)8-11(7-9)14(17)18-3/h4,6-8,15H,1,5H2,2-3H3. The predicted octanol–water partition coefficient (Wildman–Crippen LogP) is 2.46. The molecule has 0 bridgehead atoms. The van der Waals surface area contributed by atoms with Crippen LogP contribution in [0.2, 0.25) is 0 Å². The van der Waals surface area contributed by atoms with Crippen LogP contribution in [0.15, 0.2) is 24.8 Å². The molecule has 0 aliphatic carbocycles. The van der Waals surface area contributed by atoms with Gasteiger partial charge in [-0.05, 0) is 23.8 Å². The summed E-state index contributed by atoms with van der Waals surface area (Å²) in [6.45, 7) is 5.31. The second-order valence-electron chi connectivity index (χ2n) is 3.69. The van der Waals surface area contributed by atoms with Crippen LogP contribution in [0, 0.1) is 5.41 Å². The molecular formula is C14H15NO3. The molecule has 1 rings (SSSR count). The Morgan fingerprint density at radius 2 is 1.94 bits per heavy atom. The molecule has 94 valence electrons. The smallest absolute Gasteiger partial charge is 0.337 e. The zero-order valence-electron chi connectivity index (χ0n) is 10.4. The molecule has 18 heavy (non-hydrogen) atoms. The molecule has 0 aliphatic heterocycles. The van der Waals surface area contributed by atoms with Gasteiger partial charge in [-0.2, -0.15) is 0 Å². The van der Waals surface area contributed by atoms with Gasteiger partial charge in [0.05, 0.1) is 12.7 Å². The Labute approximate surface area is 106 Å². The van der Waals surface area contributed by atoms with Crippen molar-refractivity contribution in [2.24, 2.45) is 0 Å². The van der Waals surface area contributed by atoms with E-state index in [1.807, 2.05) is 0 Å². The van der Waals surface area contributed by atoms with Crippen molar-refractivity contribution in [1.82, 2.24) is 0 Å². The number of ether oxygens (including phenoxy) is 1. The molecule has 0 atom stereocenters. The summed E-state index contributed by atoms with van der Waals surface area (Å²) in [4.78, 5) is 23.0. The second-order valence-corrected chi connectivity index (χ2v) is 3.69. The minimum atomic E-state index is -0.503. The number of benzene rings is 1. The first-order chi connectivity index (χ1) is 8.53. The molecule has 4 nitrogen and oxygen atoms in total. The van der Waals surface area contributed by atoms with Gasteiger partial charge < -0.3 is 4.74 Å². The van der Waals surface area contributed by atoms with Crippen molar-refractivity contribution in [2.45, 2.75) is 13.3 Å². The van der Waals surface area contributed by atoms with Crippen molar-refractivity contribution in [1.29, 1.82) is 5.41 Å². The summed E-state index contributed by atoms with van der Waals surface area (Å²) in [5, 5.41) is 7.77.